The average molecular weight is 279 g/mol. The number of benzene rings is 1. The van der Waals surface area contributed by atoms with Crippen LogP contribution in [0.5, 0.6) is 5.75 Å². The number of methoxy groups -OCH3 is 1. The van der Waals surface area contributed by atoms with Gasteiger partial charge in [-0.2, -0.15) is 0 Å². The van der Waals surface area contributed by atoms with E-state index >= 15 is 0 Å². The standard InChI is InChI=1S/C15H18FNOS/c1-10(17-11(2)15-5-4-8-19-15)13-9-12(16)6-7-14(13)18-3/h4-11,17H,1-3H3. The van der Waals surface area contributed by atoms with Crippen molar-refractivity contribution in [2.24, 2.45) is 0 Å². The van der Waals surface area contributed by atoms with Crippen LogP contribution in [0.3, 0.4) is 0 Å². The van der Waals surface area contributed by atoms with E-state index in [1.807, 2.05) is 13.0 Å². The van der Waals surface area contributed by atoms with Crippen molar-refractivity contribution in [2.45, 2.75) is 25.9 Å². The van der Waals surface area contributed by atoms with Crippen molar-refractivity contribution in [3.63, 3.8) is 0 Å². The van der Waals surface area contributed by atoms with Gasteiger partial charge < -0.3 is 10.1 Å². The van der Waals surface area contributed by atoms with Crippen molar-refractivity contribution in [3.8, 4) is 5.75 Å². The van der Waals surface area contributed by atoms with Crippen LogP contribution < -0.4 is 10.1 Å². The normalized spacial score (nSPS) is 14.1. The molecule has 1 aromatic heterocycles. The quantitative estimate of drug-likeness (QED) is 0.880. The molecule has 0 aliphatic rings. The maximum Gasteiger partial charge on any atom is 0.123 e. The van der Waals surface area contributed by atoms with Gasteiger partial charge >= 0.3 is 0 Å². The van der Waals surface area contributed by atoms with Crippen molar-refractivity contribution < 1.29 is 9.13 Å². The number of hydrogen-bond acceptors (Lipinski definition) is 3. The molecule has 1 aromatic carbocycles. The van der Waals surface area contributed by atoms with Crippen LogP contribution in [0.2, 0.25) is 0 Å². The summed E-state index contributed by atoms with van der Waals surface area (Å²) in [4.78, 5) is 1.27. The lowest BCUT2D eigenvalue weighted by atomic mass is 10.1. The zero-order valence-corrected chi connectivity index (χ0v) is 12.1. The van der Waals surface area contributed by atoms with Crippen LogP contribution in [0, 0.1) is 5.82 Å². The zero-order chi connectivity index (χ0) is 13.8. The van der Waals surface area contributed by atoms with E-state index < -0.39 is 0 Å². The second-order valence-corrected chi connectivity index (χ2v) is 5.49. The van der Waals surface area contributed by atoms with Crippen LogP contribution in [-0.2, 0) is 0 Å². The first kappa shape index (κ1) is 14.0. The van der Waals surface area contributed by atoms with Crippen LogP contribution >= 0.6 is 11.3 Å². The van der Waals surface area contributed by atoms with Crippen LogP contribution in [0.25, 0.3) is 0 Å². The van der Waals surface area contributed by atoms with Crippen molar-refractivity contribution in [3.05, 3.63) is 52.0 Å². The smallest absolute Gasteiger partial charge is 0.123 e. The Morgan fingerprint density at radius 2 is 2.00 bits per heavy atom. The van der Waals surface area contributed by atoms with Gasteiger partial charge in [-0.25, -0.2) is 4.39 Å². The van der Waals surface area contributed by atoms with Crippen molar-refractivity contribution in [2.75, 3.05) is 7.11 Å². The SMILES string of the molecule is COc1ccc(F)cc1C(C)NC(C)c1cccs1. The second-order valence-electron chi connectivity index (χ2n) is 4.51. The van der Waals surface area contributed by atoms with E-state index in [1.165, 1.54) is 17.0 Å². The van der Waals surface area contributed by atoms with Crippen molar-refractivity contribution in [1.82, 2.24) is 5.32 Å². The minimum atomic E-state index is -0.242. The third kappa shape index (κ3) is 3.33. The van der Waals surface area contributed by atoms with Crippen molar-refractivity contribution >= 4 is 11.3 Å². The highest BCUT2D eigenvalue weighted by Gasteiger charge is 2.16. The molecule has 0 amide bonds. The molecule has 102 valence electrons. The van der Waals surface area contributed by atoms with E-state index in [-0.39, 0.29) is 17.9 Å². The van der Waals surface area contributed by atoms with E-state index in [1.54, 1.807) is 24.5 Å². The molecule has 0 aliphatic carbocycles. The third-order valence-corrected chi connectivity index (χ3v) is 4.18. The van der Waals surface area contributed by atoms with Crippen molar-refractivity contribution in [1.29, 1.82) is 0 Å². The van der Waals surface area contributed by atoms with Gasteiger partial charge in [-0.1, -0.05) is 6.07 Å². The summed E-state index contributed by atoms with van der Waals surface area (Å²) < 4.78 is 18.7. The third-order valence-electron chi connectivity index (χ3n) is 3.13. The first-order valence-corrected chi connectivity index (χ1v) is 7.12. The van der Waals surface area contributed by atoms with Crippen LogP contribution in [-0.4, -0.2) is 7.11 Å². The molecule has 1 N–H and O–H groups in total. The summed E-state index contributed by atoms with van der Waals surface area (Å²) >= 11 is 1.71. The predicted octanol–water partition coefficient (Wildman–Crippen LogP) is 4.31. The van der Waals surface area contributed by atoms with Gasteiger partial charge in [-0.15, -0.1) is 11.3 Å². The second kappa shape index (κ2) is 6.17. The minimum absolute atomic E-state index is 0.0164. The Bertz CT molecular complexity index is 527. The molecule has 2 nitrogen and oxygen atoms in total. The first-order valence-electron chi connectivity index (χ1n) is 6.24. The highest BCUT2D eigenvalue weighted by atomic mass is 32.1. The largest absolute Gasteiger partial charge is 0.496 e. The van der Waals surface area contributed by atoms with Gasteiger partial charge in [0, 0.05) is 22.5 Å². The Balaban J connectivity index is 2.15. The number of halogens is 1. The summed E-state index contributed by atoms with van der Waals surface area (Å²) in [5.74, 6) is 0.466. The first-order chi connectivity index (χ1) is 9.11. The van der Waals surface area contributed by atoms with Crippen LogP contribution in [0.4, 0.5) is 4.39 Å². The number of hydrogen-bond donors (Lipinski definition) is 1. The van der Waals surface area contributed by atoms with Gasteiger partial charge in [0.05, 0.1) is 7.11 Å². The highest BCUT2D eigenvalue weighted by Crippen LogP contribution is 2.28. The summed E-state index contributed by atoms with van der Waals surface area (Å²) in [6, 6.07) is 8.98. The summed E-state index contributed by atoms with van der Waals surface area (Å²) in [7, 11) is 1.60. The summed E-state index contributed by atoms with van der Waals surface area (Å²) in [5.41, 5.74) is 0.839. The Morgan fingerprint density at radius 1 is 1.21 bits per heavy atom. The Labute approximate surface area is 117 Å². The zero-order valence-electron chi connectivity index (χ0n) is 11.3. The molecule has 0 fully saturated rings. The van der Waals surface area contributed by atoms with Gasteiger partial charge in [0.15, 0.2) is 0 Å². The van der Waals surface area contributed by atoms with Crippen LogP contribution in [0.1, 0.15) is 36.4 Å². The molecule has 4 heteroatoms. The van der Waals surface area contributed by atoms with E-state index in [0.717, 1.165) is 5.56 Å². The lowest BCUT2D eigenvalue weighted by molar-refractivity contribution is 0.395. The molecule has 2 atom stereocenters. The fourth-order valence-electron chi connectivity index (χ4n) is 2.13. The number of ether oxygens (including phenoxy) is 1. The topological polar surface area (TPSA) is 21.3 Å². The minimum Gasteiger partial charge on any atom is -0.496 e. The van der Waals surface area contributed by atoms with Gasteiger partial charge in [0.25, 0.3) is 0 Å². The van der Waals surface area contributed by atoms with Gasteiger partial charge in [0.1, 0.15) is 11.6 Å². The summed E-state index contributed by atoms with van der Waals surface area (Å²) in [5, 5.41) is 5.52. The van der Waals surface area contributed by atoms with Gasteiger partial charge in [-0.3, -0.25) is 0 Å². The molecule has 0 radical (unpaired) electrons. The molecule has 0 saturated carbocycles. The van der Waals surface area contributed by atoms with Crippen LogP contribution in [0.15, 0.2) is 35.7 Å². The Kier molecular flexibility index (Phi) is 4.56. The molecule has 0 aliphatic heterocycles. The van der Waals surface area contributed by atoms with Gasteiger partial charge in [-0.05, 0) is 43.5 Å². The number of rotatable bonds is 5. The van der Waals surface area contributed by atoms with E-state index in [2.05, 4.69) is 23.7 Å². The summed E-state index contributed by atoms with van der Waals surface area (Å²) in [6.07, 6.45) is 0. The maximum absolute atomic E-state index is 13.4. The van der Waals surface area contributed by atoms with E-state index in [0.29, 0.717) is 5.75 Å². The number of thiophene rings is 1. The molecule has 2 aromatic rings. The lowest BCUT2D eigenvalue weighted by Gasteiger charge is -2.21. The average Bonchev–Trinajstić information content (AvgIpc) is 2.92. The molecule has 0 saturated heterocycles. The molecule has 1 heterocycles. The lowest BCUT2D eigenvalue weighted by Crippen LogP contribution is -2.22. The molecular weight excluding hydrogens is 261 g/mol. The van der Waals surface area contributed by atoms with E-state index in [4.69, 9.17) is 4.74 Å². The van der Waals surface area contributed by atoms with E-state index in [9.17, 15) is 4.39 Å². The molecule has 0 bridgehead atoms. The maximum atomic E-state index is 13.4. The molecular formula is C15H18FNOS. The molecule has 19 heavy (non-hydrogen) atoms. The number of nitrogens with one attached hydrogen (secondary N) is 1. The fraction of sp³-hybridized carbons (Fsp3) is 0.333. The highest BCUT2D eigenvalue weighted by molar-refractivity contribution is 7.10. The monoisotopic (exact) mass is 279 g/mol. The predicted molar refractivity (Wildman–Crippen MR) is 77.2 cm³/mol. The molecule has 2 rings (SSSR count). The Hall–Kier alpha value is -1.39. The molecule has 0 spiro atoms. The van der Waals surface area contributed by atoms with Gasteiger partial charge in [0.2, 0.25) is 0 Å². The molecule has 2 unspecified atom stereocenters. The summed E-state index contributed by atoms with van der Waals surface area (Å²) in [6.45, 7) is 4.12. The fourth-order valence-corrected chi connectivity index (χ4v) is 2.87. The Morgan fingerprint density at radius 3 is 2.63 bits per heavy atom.